The van der Waals surface area contributed by atoms with E-state index in [-0.39, 0.29) is 24.2 Å². The summed E-state index contributed by atoms with van der Waals surface area (Å²) in [4.78, 5) is 38.0. The van der Waals surface area contributed by atoms with Gasteiger partial charge in [-0.2, -0.15) is 0 Å². The predicted molar refractivity (Wildman–Crippen MR) is 96.0 cm³/mol. The van der Waals surface area contributed by atoms with E-state index in [9.17, 15) is 9.59 Å². The molecule has 0 bridgehead atoms. The summed E-state index contributed by atoms with van der Waals surface area (Å²) in [5.74, 6) is -0.196. The molecule has 3 rings (SSSR count). The first-order chi connectivity index (χ1) is 12.0. The van der Waals surface area contributed by atoms with Crippen molar-refractivity contribution in [1.29, 1.82) is 0 Å². The zero-order valence-corrected chi connectivity index (χ0v) is 15.3. The van der Waals surface area contributed by atoms with Crippen LogP contribution in [-0.2, 0) is 22.6 Å². The van der Waals surface area contributed by atoms with E-state index in [1.54, 1.807) is 27.3 Å². The van der Waals surface area contributed by atoms with Crippen LogP contribution < -0.4 is 0 Å². The Bertz CT molecular complexity index is 747. The van der Waals surface area contributed by atoms with Gasteiger partial charge < -0.3 is 9.80 Å². The van der Waals surface area contributed by atoms with Crippen molar-refractivity contribution in [3.8, 4) is 0 Å². The maximum atomic E-state index is 12.7. The van der Waals surface area contributed by atoms with E-state index in [2.05, 4.69) is 9.97 Å². The number of likely N-dealkylation sites (tertiary alicyclic amines) is 1. The Morgan fingerprint density at radius 2 is 2.24 bits per heavy atom. The van der Waals surface area contributed by atoms with Gasteiger partial charge in [-0.15, -0.1) is 11.3 Å². The van der Waals surface area contributed by atoms with Crippen molar-refractivity contribution < 1.29 is 9.59 Å². The summed E-state index contributed by atoms with van der Waals surface area (Å²) in [6.07, 6.45) is 2.81. The van der Waals surface area contributed by atoms with Crippen molar-refractivity contribution in [3.63, 3.8) is 0 Å². The van der Waals surface area contributed by atoms with Gasteiger partial charge in [0.2, 0.25) is 11.8 Å². The third kappa shape index (κ3) is 4.22. The second-order valence-corrected chi connectivity index (χ2v) is 7.31. The number of amides is 2. The SMILES string of the molecule is Cc1ncsc1CCN(C)C(=O)C1CC(=O)N(Cc2ccccn2)C1. The fraction of sp³-hybridized carbons (Fsp3) is 0.444. The van der Waals surface area contributed by atoms with Crippen molar-refractivity contribution >= 4 is 23.2 Å². The van der Waals surface area contributed by atoms with Crippen molar-refractivity contribution in [1.82, 2.24) is 19.8 Å². The van der Waals surface area contributed by atoms with Gasteiger partial charge in [-0.3, -0.25) is 14.6 Å². The Balaban J connectivity index is 1.54. The molecular formula is C18H22N4O2S. The fourth-order valence-corrected chi connectivity index (χ4v) is 3.81. The number of pyridine rings is 1. The molecule has 2 aromatic heterocycles. The molecule has 2 amide bonds. The van der Waals surface area contributed by atoms with Gasteiger partial charge in [0.05, 0.1) is 29.4 Å². The average molecular weight is 358 g/mol. The van der Waals surface area contributed by atoms with Crippen LogP contribution in [0.5, 0.6) is 0 Å². The average Bonchev–Trinajstić information content (AvgIpc) is 3.19. The molecule has 1 saturated heterocycles. The van der Waals surface area contributed by atoms with E-state index < -0.39 is 0 Å². The van der Waals surface area contributed by atoms with Crippen molar-refractivity contribution in [2.45, 2.75) is 26.3 Å². The van der Waals surface area contributed by atoms with E-state index in [0.29, 0.717) is 19.6 Å². The van der Waals surface area contributed by atoms with Crippen LogP contribution in [0.15, 0.2) is 29.9 Å². The minimum Gasteiger partial charge on any atom is -0.345 e. The van der Waals surface area contributed by atoms with Gasteiger partial charge in [0.1, 0.15) is 0 Å². The summed E-state index contributed by atoms with van der Waals surface area (Å²) in [5.41, 5.74) is 3.71. The number of aromatic nitrogens is 2. The van der Waals surface area contributed by atoms with Crippen LogP contribution in [-0.4, -0.2) is 51.7 Å². The highest BCUT2D eigenvalue weighted by atomic mass is 32.1. The molecule has 0 N–H and O–H groups in total. The standard InChI is InChI=1S/C18H22N4O2S/c1-13-16(25-12-20-13)6-8-21(2)18(24)14-9-17(23)22(10-14)11-15-5-3-4-7-19-15/h3-5,7,12,14H,6,8-11H2,1-2H3. The molecule has 2 aromatic rings. The van der Waals surface area contributed by atoms with Crippen LogP contribution in [0.3, 0.4) is 0 Å². The third-order valence-corrected chi connectivity index (χ3v) is 5.53. The lowest BCUT2D eigenvalue weighted by Crippen LogP contribution is -2.35. The minimum absolute atomic E-state index is 0.0238. The van der Waals surface area contributed by atoms with Gasteiger partial charge in [-0.05, 0) is 19.1 Å². The number of hydrogen-bond acceptors (Lipinski definition) is 5. The Morgan fingerprint density at radius 3 is 2.92 bits per heavy atom. The largest absolute Gasteiger partial charge is 0.345 e. The first-order valence-electron chi connectivity index (χ1n) is 8.36. The van der Waals surface area contributed by atoms with E-state index in [1.807, 2.05) is 37.7 Å². The predicted octanol–water partition coefficient (Wildman–Crippen LogP) is 1.90. The topological polar surface area (TPSA) is 66.4 Å². The normalized spacial score (nSPS) is 17.1. The molecule has 1 aliphatic heterocycles. The summed E-state index contributed by atoms with van der Waals surface area (Å²) in [6, 6.07) is 5.65. The molecule has 132 valence electrons. The summed E-state index contributed by atoms with van der Waals surface area (Å²) in [7, 11) is 1.81. The molecule has 3 heterocycles. The fourth-order valence-electron chi connectivity index (χ4n) is 3.03. The molecule has 1 fully saturated rings. The number of carbonyl (C=O) groups excluding carboxylic acids is 2. The number of likely N-dealkylation sites (N-methyl/N-ethyl adjacent to an activating group) is 1. The number of hydrogen-bond donors (Lipinski definition) is 0. The summed E-state index contributed by atoms with van der Waals surface area (Å²) < 4.78 is 0. The number of carbonyl (C=O) groups is 2. The van der Waals surface area contributed by atoms with E-state index in [1.165, 1.54) is 4.88 Å². The van der Waals surface area contributed by atoms with Crippen molar-refractivity contribution in [3.05, 3.63) is 46.2 Å². The Morgan fingerprint density at radius 1 is 1.40 bits per heavy atom. The lowest BCUT2D eigenvalue weighted by Gasteiger charge is -2.21. The van der Waals surface area contributed by atoms with Gasteiger partial charge in [-0.1, -0.05) is 6.07 Å². The van der Waals surface area contributed by atoms with Gasteiger partial charge >= 0.3 is 0 Å². The summed E-state index contributed by atoms with van der Waals surface area (Å²) in [6.45, 7) is 3.57. The monoisotopic (exact) mass is 358 g/mol. The number of rotatable bonds is 6. The number of thiazole rings is 1. The number of nitrogens with zero attached hydrogens (tertiary/aromatic N) is 4. The van der Waals surface area contributed by atoms with Crippen LogP contribution in [0.4, 0.5) is 0 Å². The zero-order chi connectivity index (χ0) is 17.8. The summed E-state index contributed by atoms with van der Waals surface area (Å²) in [5, 5.41) is 0. The van der Waals surface area contributed by atoms with Crippen molar-refractivity contribution in [2.24, 2.45) is 5.92 Å². The zero-order valence-electron chi connectivity index (χ0n) is 14.5. The van der Waals surface area contributed by atoms with Gasteiger partial charge in [0.25, 0.3) is 0 Å². The lowest BCUT2D eigenvalue weighted by molar-refractivity contribution is -0.134. The quantitative estimate of drug-likeness (QED) is 0.791. The Kier molecular flexibility index (Phi) is 5.43. The molecule has 1 unspecified atom stereocenters. The molecule has 1 atom stereocenters. The van der Waals surface area contributed by atoms with Crippen molar-refractivity contribution in [2.75, 3.05) is 20.1 Å². The third-order valence-electron chi connectivity index (χ3n) is 4.54. The second-order valence-electron chi connectivity index (χ2n) is 6.37. The maximum absolute atomic E-state index is 12.7. The molecule has 0 radical (unpaired) electrons. The Labute approximate surface area is 151 Å². The van der Waals surface area contributed by atoms with E-state index in [0.717, 1.165) is 17.8 Å². The molecule has 7 heteroatoms. The Hall–Kier alpha value is -2.28. The molecule has 0 spiro atoms. The van der Waals surface area contributed by atoms with Gasteiger partial charge in [0, 0.05) is 44.1 Å². The highest BCUT2D eigenvalue weighted by molar-refractivity contribution is 7.09. The van der Waals surface area contributed by atoms with Gasteiger partial charge in [-0.25, -0.2) is 4.98 Å². The molecular weight excluding hydrogens is 336 g/mol. The van der Waals surface area contributed by atoms with Crippen LogP contribution in [0.25, 0.3) is 0 Å². The summed E-state index contributed by atoms with van der Waals surface area (Å²) >= 11 is 1.62. The molecule has 0 aliphatic carbocycles. The molecule has 6 nitrogen and oxygen atoms in total. The van der Waals surface area contributed by atoms with Crippen LogP contribution >= 0.6 is 11.3 Å². The minimum atomic E-state index is -0.260. The number of aryl methyl sites for hydroxylation is 1. The highest BCUT2D eigenvalue weighted by Gasteiger charge is 2.35. The van der Waals surface area contributed by atoms with E-state index in [4.69, 9.17) is 0 Å². The molecule has 0 saturated carbocycles. The van der Waals surface area contributed by atoms with Crippen LogP contribution in [0.2, 0.25) is 0 Å². The second kappa shape index (κ2) is 7.74. The van der Waals surface area contributed by atoms with Crippen LogP contribution in [0, 0.1) is 12.8 Å². The smallest absolute Gasteiger partial charge is 0.227 e. The maximum Gasteiger partial charge on any atom is 0.227 e. The molecule has 25 heavy (non-hydrogen) atoms. The first-order valence-corrected chi connectivity index (χ1v) is 9.24. The highest BCUT2D eigenvalue weighted by Crippen LogP contribution is 2.22. The molecule has 0 aromatic carbocycles. The van der Waals surface area contributed by atoms with Gasteiger partial charge in [0.15, 0.2) is 0 Å². The lowest BCUT2D eigenvalue weighted by atomic mass is 10.1. The molecule has 1 aliphatic rings. The first kappa shape index (κ1) is 17.5. The van der Waals surface area contributed by atoms with Crippen LogP contribution in [0.1, 0.15) is 22.7 Å². The van der Waals surface area contributed by atoms with E-state index >= 15 is 0 Å².